The summed E-state index contributed by atoms with van der Waals surface area (Å²) in [5.41, 5.74) is 0. The number of carboxylic acids is 2. The minimum absolute atomic E-state index is 0.367. The molecule has 10 nitrogen and oxygen atoms in total. The standard InChI is InChI=1S/C34H50O10/c35-33(36)31(19-11-21-39-23-13-27-41-29-15-5-3-6-16-29)43-25-9-1-2-10-26-44-32(34(37)38)20-12-22-40-24-14-28-42-30-17-7-4-8-18-30/h3-8,15-18,31-32H,1-2,9-14,19-28H2,(H,35,36)(H,37,38). The molecule has 0 saturated carbocycles. The van der Waals surface area contributed by atoms with Crippen LogP contribution in [0.1, 0.15) is 64.2 Å². The molecule has 2 N–H and O–H groups in total. The van der Waals surface area contributed by atoms with Crippen molar-refractivity contribution in [2.45, 2.75) is 76.4 Å². The fourth-order valence-electron chi connectivity index (χ4n) is 4.25. The second-order valence-corrected chi connectivity index (χ2v) is 10.3. The largest absolute Gasteiger partial charge is 0.494 e. The van der Waals surface area contributed by atoms with Gasteiger partial charge >= 0.3 is 11.9 Å². The molecule has 2 unspecified atom stereocenters. The van der Waals surface area contributed by atoms with Crippen molar-refractivity contribution in [3.63, 3.8) is 0 Å². The van der Waals surface area contributed by atoms with Crippen LogP contribution in [0.25, 0.3) is 0 Å². The van der Waals surface area contributed by atoms with E-state index in [1.165, 1.54) is 0 Å². The predicted octanol–water partition coefficient (Wildman–Crippen LogP) is 6.02. The molecule has 44 heavy (non-hydrogen) atoms. The van der Waals surface area contributed by atoms with E-state index in [0.29, 0.717) is 78.5 Å². The Labute approximate surface area is 261 Å². The summed E-state index contributed by atoms with van der Waals surface area (Å²) in [7, 11) is 0. The molecule has 0 radical (unpaired) electrons. The minimum Gasteiger partial charge on any atom is -0.494 e. The van der Waals surface area contributed by atoms with Crippen molar-refractivity contribution < 1.29 is 48.2 Å². The predicted molar refractivity (Wildman–Crippen MR) is 166 cm³/mol. The number of para-hydroxylation sites is 2. The highest BCUT2D eigenvalue weighted by Crippen LogP contribution is 2.11. The summed E-state index contributed by atoms with van der Waals surface area (Å²) in [4.78, 5) is 23.0. The molecule has 0 heterocycles. The number of hydrogen-bond acceptors (Lipinski definition) is 8. The Kier molecular flexibility index (Phi) is 21.2. The Balaban J connectivity index is 1.39. The van der Waals surface area contributed by atoms with E-state index in [9.17, 15) is 19.8 Å². The molecular weight excluding hydrogens is 568 g/mol. The Morgan fingerprint density at radius 2 is 0.864 bits per heavy atom. The first-order valence-corrected chi connectivity index (χ1v) is 15.8. The molecule has 0 saturated heterocycles. The molecule has 2 aromatic rings. The highest BCUT2D eigenvalue weighted by atomic mass is 16.5. The molecule has 2 atom stereocenters. The molecule has 0 aromatic heterocycles. The summed E-state index contributed by atoms with van der Waals surface area (Å²) in [6.45, 7) is 3.95. The van der Waals surface area contributed by atoms with Crippen molar-refractivity contribution in [2.75, 3.05) is 52.9 Å². The molecule has 0 aliphatic carbocycles. The number of benzene rings is 2. The van der Waals surface area contributed by atoms with Gasteiger partial charge in [0.25, 0.3) is 0 Å². The first kappa shape index (κ1) is 37.0. The average molecular weight is 619 g/mol. The molecule has 10 heteroatoms. The SMILES string of the molecule is O=C(O)C(CCCOCCCOc1ccccc1)OCCCCCCOC(CCCOCCCOc1ccccc1)C(=O)O. The van der Waals surface area contributed by atoms with Crippen LogP contribution in [0.15, 0.2) is 60.7 Å². The molecular formula is C34H50O10. The highest BCUT2D eigenvalue weighted by Gasteiger charge is 2.18. The zero-order chi connectivity index (χ0) is 31.5. The number of unbranched alkanes of at least 4 members (excludes halogenated alkanes) is 3. The Morgan fingerprint density at radius 1 is 0.477 bits per heavy atom. The molecule has 0 spiro atoms. The number of carboxylic acid groups (broad SMARTS) is 2. The van der Waals surface area contributed by atoms with E-state index in [-0.39, 0.29) is 0 Å². The van der Waals surface area contributed by atoms with Crippen LogP contribution in [-0.2, 0) is 28.5 Å². The van der Waals surface area contributed by atoms with Gasteiger partial charge in [-0.05, 0) is 62.8 Å². The molecule has 0 aliphatic rings. The van der Waals surface area contributed by atoms with Crippen molar-refractivity contribution in [1.29, 1.82) is 0 Å². The molecule has 2 rings (SSSR count). The van der Waals surface area contributed by atoms with E-state index in [0.717, 1.165) is 50.0 Å². The van der Waals surface area contributed by atoms with Gasteiger partial charge in [-0.2, -0.15) is 0 Å². The third-order valence-electron chi connectivity index (χ3n) is 6.63. The number of carbonyl (C=O) groups is 2. The van der Waals surface area contributed by atoms with Gasteiger partial charge in [-0.3, -0.25) is 0 Å². The fourth-order valence-corrected chi connectivity index (χ4v) is 4.25. The van der Waals surface area contributed by atoms with E-state index in [1.807, 2.05) is 60.7 Å². The van der Waals surface area contributed by atoms with E-state index >= 15 is 0 Å². The number of aliphatic carboxylic acids is 2. The lowest BCUT2D eigenvalue weighted by Gasteiger charge is -2.15. The second-order valence-electron chi connectivity index (χ2n) is 10.3. The summed E-state index contributed by atoms with van der Waals surface area (Å²) in [6, 6.07) is 19.2. The lowest BCUT2D eigenvalue weighted by molar-refractivity contribution is -0.152. The molecule has 2 aromatic carbocycles. The van der Waals surface area contributed by atoms with Crippen molar-refractivity contribution in [3.05, 3.63) is 60.7 Å². The smallest absolute Gasteiger partial charge is 0.332 e. The minimum atomic E-state index is -0.961. The van der Waals surface area contributed by atoms with Crippen LogP contribution in [0.2, 0.25) is 0 Å². The van der Waals surface area contributed by atoms with Gasteiger partial charge in [-0.1, -0.05) is 49.2 Å². The van der Waals surface area contributed by atoms with Crippen LogP contribution in [0.5, 0.6) is 11.5 Å². The second kappa shape index (κ2) is 25.2. The Bertz CT molecular complexity index is 893. The first-order valence-electron chi connectivity index (χ1n) is 15.8. The Hall–Kier alpha value is -3.18. The van der Waals surface area contributed by atoms with Crippen LogP contribution in [-0.4, -0.2) is 87.2 Å². The number of hydrogen-bond donors (Lipinski definition) is 2. The maximum Gasteiger partial charge on any atom is 0.332 e. The normalized spacial score (nSPS) is 12.5. The quantitative estimate of drug-likeness (QED) is 0.104. The average Bonchev–Trinajstić information content (AvgIpc) is 3.03. The van der Waals surface area contributed by atoms with Crippen molar-refractivity contribution in [3.8, 4) is 11.5 Å². The van der Waals surface area contributed by atoms with Gasteiger partial charge < -0.3 is 38.6 Å². The lowest BCUT2D eigenvalue weighted by Crippen LogP contribution is -2.25. The third kappa shape index (κ3) is 19.2. The van der Waals surface area contributed by atoms with Crippen LogP contribution >= 0.6 is 0 Å². The maximum absolute atomic E-state index is 11.5. The van der Waals surface area contributed by atoms with Gasteiger partial charge in [-0.15, -0.1) is 0 Å². The van der Waals surface area contributed by atoms with Crippen LogP contribution in [0, 0.1) is 0 Å². The van der Waals surface area contributed by atoms with E-state index < -0.39 is 24.1 Å². The number of rotatable bonds is 29. The van der Waals surface area contributed by atoms with Crippen LogP contribution in [0.4, 0.5) is 0 Å². The summed E-state index contributed by atoms with van der Waals surface area (Å²) in [5.74, 6) is -0.257. The third-order valence-corrected chi connectivity index (χ3v) is 6.63. The van der Waals surface area contributed by atoms with Gasteiger partial charge in [0.2, 0.25) is 0 Å². The summed E-state index contributed by atoms with van der Waals surface area (Å²) < 4.78 is 33.5. The summed E-state index contributed by atoms with van der Waals surface area (Å²) in [6.07, 6.45) is 5.01. The fraction of sp³-hybridized carbons (Fsp3) is 0.588. The zero-order valence-electron chi connectivity index (χ0n) is 25.8. The molecule has 0 amide bonds. The van der Waals surface area contributed by atoms with Crippen LogP contribution in [0.3, 0.4) is 0 Å². The van der Waals surface area contributed by atoms with E-state index in [2.05, 4.69) is 0 Å². The number of ether oxygens (including phenoxy) is 6. The molecule has 0 fully saturated rings. The summed E-state index contributed by atoms with van der Waals surface area (Å²) >= 11 is 0. The van der Waals surface area contributed by atoms with Gasteiger partial charge in [0, 0.05) is 52.5 Å². The molecule has 0 bridgehead atoms. The first-order chi connectivity index (χ1) is 21.6. The monoisotopic (exact) mass is 618 g/mol. The van der Waals surface area contributed by atoms with Gasteiger partial charge in [0.1, 0.15) is 11.5 Å². The topological polar surface area (TPSA) is 130 Å². The van der Waals surface area contributed by atoms with Crippen LogP contribution < -0.4 is 9.47 Å². The van der Waals surface area contributed by atoms with Crippen molar-refractivity contribution in [2.24, 2.45) is 0 Å². The Morgan fingerprint density at radius 3 is 1.25 bits per heavy atom. The van der Waals surface area contributed by atoms with Gasteiger partial charge in [0.05, 0.1) is 13.2 Å². The summed E-state index contributed by atoms with van der Waals surface area (Å²) in [5, 5.41) is 18.9. The van der Waals surface area contributed by atoms with Crippen molar-refractivity contribution in [1.82, 2.24) is 0 Å². The zero-order valence-corrected chi connectivity index (χ0v) is 25.8. The van der Waals surface area contributed by atoms with E-state index in [4.69, 9.17) is 28.4 Å². The molecule has 246 valence electrons. The van der Waals surface area contributed by atoms with Crippen molar-refractivity contribution >= 4 is 11.9 Å². The van der Waals surface area contributed by atoms with Gasteiger partial charge in [-0.25, -0.2) is 9.59 Å². The molecule has 0 aliphatic heterocycles. The lowest BCUT2D eigenvalue weighted by atomic mass is 10.2. The highest BCUT2D eigenvalue weighted by molar-refractivity contribution is 5.72. The maximum atomic E-state index is 11.5. The van der Waals surface area contributed by atoms with Gasteiger partial charge in [0.15, 0.2) is 12.2 Å². The van der Waals surface area contributed by atoms with E-state index in [1.54, 1.807) is 0 Å².